The lowest BCUT2D eigenvalue weighted by Gasteiger charge is -2.14. The summed E-state index contributed by atoms with van der Waals surface area (Å²) in [7, 11) is 0. The number of carbonyl (C=O) groups is 1. The maximum absolute atomic E-state index is 13.7. The summed E-state index contributed by atoms with van der Waals surface area (Å²) in [4.78, 5) is 11.9. The van der Waals surface area contributed by atoms with Crippen LogP contribution in [0.4, 0.5) is 4.39 Å². The van der Waals surface area contributed by atoms with E-state index < -0.39 is 5.82 Å². The van der Waals surface area contributed by atoms with Crippen molar-refractivity contribution in [2.75, 3.05) is 6.54 Å². The van der Waals surface area contributed by atoms with Gasteiger partial charge in [0.25, 0.3) is 5.91 Å². The Kier molecular flexibility index (Phi) is 4.62. The van der Waals surface area contributed by atoms with Crippen molar-refractivity contribution in [2.45, 2.75) is 24.6 Å². The molecule has 1 aliphatic carbocycles. The predicted octanol–water partition coefficient (Wildman–Crippen LogP) is 3.73. The molecular formula is C13H14BrClFNO. The van der Waals surface area contributed by atoms with Gasteiger partial charge in [-0.05, 0) is 46.8 Å². The molecule has 0 radical (unpaired) electrons. The van der Waals surface area contributed by atoms with Gasteiger partial charge in [0, 0.05) is 11.9 Å². The van der Waals surface area contributed by atoms with Gasteiger partial charge in [0.2, 0.25) is 0 Å². The number of amides is 1. The third-order valence-electron chi connectivity index (χ3n) is 3.29. The highest BCUT2D eigenvalue weighted by Crippen LogP contribution is 2.29. The van der Waals surface area contributed by atoms with Crippen LogP contribution in [0.1, 0.15) is 29.6 Å². The highest BCUT2D eigenvalue weighted by molar-refractivity contribution is 9.10. The number of benzene rings is 1. The first-order chi connectivity index (χ1) is 8.59. The highest BCUT2D eigenvalue weighted by Gasteiger charge is 2.26. The Morgan fingerprint density at radius 2 is 2.28 bits per heavy atom. The quantitative estimate of drug-likeness (QED) is 0.839. The van der Waals surface area contributed by atoms with Crippen molar-refractivity contribution >= 4 is 33.4 Å². The van der Waals surface area contributed by atoms with Gasteiger partial charge in [-0.3, -0.25) is 4.79 Å². The van der Waals surface area contributed by atoms with Crippen molar-refractivity contribution in [3.63, 3.8) is 0 Å². The van der Waals surface area contributed by atoms with Gasteiger partial charge in [-0.25, -0.2) is 4.39 Å². The molecule has 1 fully saturated rings. The van der Waals surface area contributed by atoms with E-state index in [-0.39, 0.29) is 16.8 Å². The lowest BCUT2D eigenvalue weighted by Crippen LogP contribution is -2.31. The molecule has 1 aromatic rings. The normalized spacial score (nSPS) is 23.1. The van der Waals surface area contributed by atoms with Crippen LogP contribution < -0.4 is 5.32 Å². The van der Waals surface area contributed by atoms with E-state index in [9.17, 15) is 9.18 Å². The van der Waals surface area contributed by atoms with Gasteiger partial charge in [-0.1, -0.05) is 12.5 Å². The fourth-order valence-electron chi connectivity index (χ4n) is 2.22. The molecule has 0 aliphatic heterocycles. The average Bonchev–Trinajstić information content (AvgIpc) is 2.75. The molecule has 2 nitrogen and oxygen atoms in total. The number of alkyl halides is 1. The molecule has 98 valence electrons. The van der Waals surface area contributed by atoms with E-state index in [2.05, 4.69) is 21.2 Å². The summed E-state index contributed by atoms with van der Waals surface area (Å²) in [5.41, 5.74) is 0.0634. The van der Waals surface area contributed by atoms with Crippen LogP contribution in [0.3, 0.4) is 0 Å². The molecule has 5 heteroatoms. The molecule has 1 aliphatic rings. The molecule has 0 aromatic heterocycles. The van der Waals surface area contributed by atoms with Crippen LogP contribution in [-0.4, -0.2) is 17.8 Å². The van der Waals surface area contributed by atoms with Crippen molar-refractivity contribution in [3.05, 3.63) is 34.1 Å². The maximum atomic E-state index is 13.7. The first kappa shape index (κ1) is 13.8. The van der Waals surface area contributed by atoms with E-state index in [0.29, 0.717) is 16.9 Å². The van der Waals surface area contributed by atoms with Crippen LogP contribution in [0.25, 0.3) is 0 Å². The minimum atomic E-state index is -0.524. The number of hydrogen-bond acceptors (Lipinski definition) is 1. The van der Waals surface area contributed by atoms with Crippen LogP contribution in [0, 0.1) is 11.7 Å². The number of hydrogen-bond donors (Lipinski definition) is 1. The van der Waals surface area contributed by atoms with Crippen LogP contribution in [0.2, 0.25) is 0 Å². The fourth-order valence-corrected chi connectivity index (χ4v) is 2.96. The Morgan fingerprint density at radius 3 is 2.94 bits per heavy atom. The van der Waals surface area contributed by atoms with Gasteiger partial charge in [0.15, 0.2) is 0 Å². The fraction of sp³-hybridized carbons (Fsp3) is 0.462. The first-order valence-corrected chi connectivity index (χ1v) is 7.19. The highest BCUT2D eigenvalue weighted by atomic mass is 79.9. The van der Waals surface area contributed by atoms with E-state index in [1.54, 1.807) is 12.1 Å². The molecule has 0 spiro atoms. The molecule has 1 amide bonds. The maximum Gasteiger partial charge on any atom is 0.254 e. The van der Waals surface area contributed by atoms with E-state index in [1.807, 2.05) is 0 Å². The Labute approximate surface area is 119 Å². The number of nitrogens with one attached hydrogen (secondary N) is 1. The number of halogens is 3. The molecule has 0 saturated heterocycles. The predicted molar refractivity (Wildman–Crippen MR) is 73.4 cm³/mol. The molecule has 2 unspecified atom stereocenters. The Balaban J connectivity index is 1.97. The van der Waals surface area contributed by atoms with Gasteiger partial charge < -0.3 is 5.32 Å². The molecule has 2 rings (SSSR count). The summed E-state index contributed by atoms with van der Waals surface area (Å²) >= 11 is 9.20. The summed E-state index contributed by atoms with van der Waals surface area (Å²) in [5, 5.41) is 2.88. The average molecular weight is 335 g/mol. The number of rotatable bonds is 3. The Hall–Kier alpha value is -0.610. The molecule has 1 N–H and O–H groups in total. The second-order valence-corrected chi connectivity index (χ2v) is 5.93. The topological polar surface area (TPSA) is 29.1 Å². The van der Waals surface area contributed by atoms with E-state index in [4.69, 9.17) is 11.6 Å². The van der Waals surface area contributed by atoms with Crippen molar-refractivity contribution in [1.29, 1.82) is 0 Å². The second-order valence-electron chi connectivity index (χ2n) is 4.52. The van der Waals surface area contributed by atoms with Gasteiger partial charge in [0.05, 0.1) is 10.0 Å². The summed E-state index contributed by atoms with van der Waals surface area (Å²) in [6.07, 6.45) is 3.11. The molecule has 2 atom stereocenters. The summed E-state index contributed by atoms with van der Waals surface area (Å²) in [5.74, 6) is -0.612. The smallest absolute Gasteiger partial charge is 0.254 e. The SMILES string of the molecule is O=C(NCC1CCCC1Cl)c1cccc(Br)c1F. The summed E-state index contributed by atoms with van der Waals surface area (Å²) < 4.78 is 14.0. The van der Waals surface area contributed by atoms with Gasteiger partial charge in [-0.2, -0.15) is 0 Å². The largest absolute Gasteiger partial charge is 0.352 e. The summed E-state index contributed by atoms with van der Waals surface area (Å²) in [6, 6.07) is 4.68. The van der Waals surface area contributed by atoms with Crippen LogP contribution in [0.5, 0.6) is 0 Å². The van der Waals surface area contributed by atoms with Gasteiger partial charge in [-0.15, -0.1) is 11.6 Å². The Bertz CT molecular complexity index is 455. The third kappa shape index (κ3) is 3.04. The van der Waals surface area contributed by atoms with E-state index >= 15 is 0 Å². The van der Waals surface area contributed by atoms with Crippen LogP contribution >= 0.6 is 27.5 Å². The van der Waals surface area contributed by atoms with E-state index in [0.717, 1.165) is 19.3 Å². The lowest BCUT2D eigenvalue weighted by molar-refractivity contribution is 0.0943. The van der Waals surface area contributed by atoms with Crippen molar-refractivity contribution in [3.8, 4) is 0 Å². The minimum absolute atomic E-state index is 0.0634. The first-order valence-electron chi connectivity index (χ1n) is 5.96. The second kappa shape index (κ2) is 6.02. The van der Waals surface area contributed by atoms with Crippen molar-refractivity contribution < 1.29 is 9.18 Å². The zero-order valence-electron chi connectivity index (χ0n) is 9.76. The molecule has 18 heavy (non-hydrogen) atoms. The number of carbonyl (C=O) groups excluding carboxylic acids is 1. The Morgan fingerprint density at radius 1 is 1.50 bits per heavy atom. The molecule has 0 heterocycles. The zero-order valence-corrected chi connectivity index (χ0v) is 12.1. The van der Waals surface area contributed by atoms with Crippen molar-refractivity contribution in [1.82, 2.24) is 5.32 Å². The van der Waals surface area contributed by atoms with E-state index in [1.165, 1.54) is 6.07 Å². The van der Waals surface area contributed by atoms with Crippen molar-refractivity contribution in [2.24, 2.45) is 5.92 Å². The molecule has 1 aromatic carbocycles. The van der Waals surface area contributed by atoms with Gasteiger partial charge >= 0.3 is 0 Å². The molecule has 0 bridgehead atoms. The zero-order chi connectivity index (χ0) is 13.1. The minimum Gasteiger partial charge on any atom is -0.352 e. The summed E-state index contributed by atoms with van der Waals surface area (Å²) in [6.45, 7) is 0.513. The van der Waals surface area contributed by atoms with Crippen LogP contribution in [-0.2, 0) is 0 Å². The van der Waals surface area contributed by atoms with Crippen LogP contribution in [0.15, 0.2) is 22.7 Å². The standard InChI is InChI=1S/C13H14BrClFNO/c14-10-5-2-4-9(12(10)16)13(18)17-7-8-3-1-6-11(8)15/h2,4-5,8,11H,1,3,6-7H2,(H,17,18). The third-order valence-corrected chi connectivity index (χ3v) is 4.47. The monoisotopic (exact) mass is 333 g/mol. The molecule has 1 saturated carbocycles. The van der Waals surface area contributed by atoms with Gasteiger partial charge in [0.1, 0.15) is 5.82 Å². The lowest BCUT2D eigenvalue weighted by atomic mass is 10.1. The molecular weight excluding hydrogens is 321 g/mol.